The van der Waals surface area contributed by atoms with Gasteiger partial charge in [-0.1, -0.05) is 59.3 Å². The van der Waals surface area contributed by atoms with Gasteiger partial charge in [-0.25, -0.2) is 0 Å². The van der Waals surface area contributed by atoms with Crippen molar-refractivity contribution in [2.24, 2.45) is 35.5 Å². The number of rotatable bonds is 3. The van der Waals surface area contributed by atoms with Crippen LogP contribution in [-0.2, 0) is 26.2 Å². The molecule has 0 saturated heterocycles. The molecule has 6 unspecified atom stereocenters. The normalized spacial score (nSPS) is 37.8. The van der Waals surface area contributed by atoms with Gasteiger partial charge in [0.05, 0.1) is 0 Å². The summed E-state index contributed by atoms with van der Waals surface area (Å²) in [5.74, 6) is 6.91. The van der Waals surface area contributed by atoms with E-state index < -0.39 is 0 Å². The third-order valence-corrected chi connectivity index (χ3v) is 7.87. The molecule has 0 aromatic carbocycles. The molecular weight excluding hydrogens is 406 g/mol. The molecule has 0 aromatic heterocycles. The van der Waals surface area contributed by atoms with Gasteiger partial charge in [0.1, 0.15) is 0 Å². The number of fused-ring (bicyclic) bond motifs is 2. The van der Waals surface area contributed by atoms with Gasteiger partial charge in [0.15, 0.2) is 0 Å². The summed E-state index contributed by atoms with van der Waals surface area (Å²) in [5, 5.41) is 0. The van der Waals surface area contributed by atoms with Gasteiger partial charge in [-0.05, 0) is 86.9 Å². The topological polar surface area (TPSA) is 23.8 Å². The Kier molecular flexibility index (Phi) is 11.4. The maximum atomic E-state index is 6.94. The van der Waals surface area contributed by atoms with E-state index in [2.05, 4.69) is 0 Å². The minimum atomic E-state index is -0.250. The van der Waals surface area contributed by atoms with E-state index in [0.717, 1.165) is 35.5 Å². The molecule has 0 aromatic rings. The van der Waals surface area contributed by atoms with Gasteiger partial charge in [0, 0.05) is 0 Å². The van der Waals surface area contributed by atoms with Crippen molar-refractivity contribution in [2.75, 3.05) is 0 Å². The monoisotopic (exact) mass is 451 g/mol. The van der Waals surface area contributed by atoms with E-state index >= 15 is 0 Å². The molecule has 0 aliphatic heterocycles. The molecule has 0 heterocycles. The first-order valence-electron chi connectivity index (χ1n) is 11.7. The van der Waals surface area contributed by atoms with Crippen LogP contribution >= 0.6 is 0 Å². The van der Waals surface area contributed by atoms with E-state index in [1.54, 1.807) is 89.9 Å². The summed E-state index contributed by atoms with van der Waals surface area (Å²) in [6.07, 6.45) is 22.1. The van der Waals surface area contributed by atoms with E-state index in [9.17, 15) is 0 Å². The van der Waals surface area contributed by atoms with E-state index in [1.165, 1.54) is 0 Å². The molecule has 4 fully saturated rings. The first-order valence-corrected chi connectivity index (χ1v) is 11.7. The molecule has 27 heavy (non-hydrogen) atoms. The van der Waals surface area contributed by atoms with Gasteiger partial charge in [-0.15, -0.1) is 5.54 Å². The molecule has 6 atom stereocenters. The van der Waals surface area contributed by atoms with Crippen LogP contribution in [0.3, 0.4) is 0 Å². The maximum Gasteiger partial charge on any atom is 4.00 e. The van der Waals surface area contributed by atoms with Crippen molar-refractivity contribution in [1.29, 1.82) is 0 Å². The van der Waals surface area contributed by atoms with Crippen molar-refractivity contribution in [1.82, 2.24) is 0 Å². The first-order chi connectivity index (χ1) is 11.9. The molecule has 4 aliphatic carbocycles. The molecule has 4 aliphatic rings. The minimum Gasteiger partial charge on any atom is -0.673 e. The van der Waals surface area contributed by atoms with Crippen LogP contribution < -0.4 is 0 Å². The predicted molar refractivity (Wildman–Crippen MR) is 116 cm³/mol. The molecule has 4 saturated carbocycles. The molecule has 0 bridgehead atoms. The Bertz CT molecular complexity index is 364. The molecule has 2 heteroatoms. The Hall–Kier alpha value is 0.843. The van der Waals surface area contributed by atoms with Crippen molar-refractivity contribution in [2.45, 2.75) is 116 Å². The van der Waals surface area contributed by atoms with Crippen molar-refractivity contribution < 1.29 is 26.2 Å². The Balaban J connectivity index is 0.000000468. The SMILES string of the molecule is C1CCC2C(C1)CCC2CCC1CCC2CCCCC21.CC(C)(C)[NH-].[CH3-].[Zr+4]. The van der Waals surface area contributed by atoms with Crippen molar-refractivity contribution in [3.05, 3.63) is 13.2 Å². The number of hydrogen-bond donors (Lipinski definition) is 0. The van der Waals surface area contributed by atoms with Gasteiger partial charge in [0.2, 0.25) is 0 Å². The predicted octanol–water partition coefficient (Wildman–Crippen LogP) is 8.48. The summed E-state index contributed by atoms with van der Waals surface area (Å²) >= 11 is 0. The quantitative estimate of drug-likeness (QED) is 0.383. The Morgan fingerprint density at radius 1 is 0.630 bits per heavy atom. The Labute approximate surface area is 190 Å². The zero-order chi connectivity index (χ0) is 17.9. The van der Waals surface area contributed by atoms with Crippen LogP contribution in [0.1, 0.15) is 111 Å². The van der Waals surface area contributed by atoms with Crippen molar-refractivity contribution >= 4 is 0 Å². The summed E-state index contributed by atoms with van der Waals surface area (Å²) in [7, 11) is 0. The summed E-state index contributed by atoms with van der Waals surface area (Å²) in [6, 6.07) is 0. The van der Waals surface area contributed by atoms with Crippen LogP contribution in [-0.4, -0.2) is 5.54 Å². The van der Waals surface area contributed by atoms with Crippen LogP contribution in [0.5, 0.6) is 0 Å². The van der Waals surface area contributed by atoms with E-state index in [1.807, 2.05) is 20.8 Å². The summed E-state index contributed by atoms with van der Waals surface area (Å²) in [6.45, 7) is 5.56. The molecule has 1 N–H and O–H groups in total. The largest absolute Gasteiger partial charge is 4.00 e. The third-order valence-electron chi connectivity index (χ3n) is 7.87. The molecule has 4 rings (SSSR count). The fourth-order valence-corrected chi connectivity index (χ4v) is 6.86. The van der Waals surface area contributed by atoms with E-state index in [-0.39, 0.29) is 39.2 Å². The summed E-state index contributed by atoms with van der Waals surface area (Å²) in [5.41, 5.74) is 6.69. The van der Waals surface area contributed by atoms with Gasteiger partial charge >= 0.3 is 26.2 Å². The standard InChI is InChI=1S/C20H34.C4H10N.CH3.Zr/c1-3-7-19-15(5-1)9-11-17(19)13-14-18-12-10-16-6-2-4-8-20(16)18;1-4(2,3)5;;/h15-20H,1-14H2;5H,1-3H3;1H3;/q;2*-1;+4. The smallest absolute Gasteiger partial charge is 0.673 e. The molecule has 0 radical (unpaired) electrons. The van der Waals surface area contributed by atoms with Crippen LogP contribution in [0.4, 0.5) is 0 Å². The second-order valence-corrected chi connectivity index (χ2v) is 10.9. The van der Waals surface area contributed by atoms with Gasteiger partial charge < -0.3 is 13.2 Å². The summed E-state index contributed by atoms with van der Waals surface area (Å²) < 4.78 is 0. The molecular formula is C25H47NZr+2. The molecule has 0 amide bonds. The van der Waals surface area contributed by atoms with Crippen LogP contribution in [0.15, 0.2) is 0 Å². The number of nitrogens with one attached hydrogen (secondary N) is 1. The van der Waals surface area contributed by atoms with Crippen molar-refractivity contribution in [3.8, 4) is 0 Å². The Morgan fingerprint density at radius 2 is 0.963 bits per heavy atom. The average molecular weight is 453 g/mol. The number of hydrogen-bond acceptors (Lipinski definition) is 0. The van der Waals surface area contributed by atoms with Gasteiger partial charge in [0.25, 0.3) is 0 Å². The second kappa shape index (κ2) is 11.9. The van der Waals surface area contributed by atoms with E-state index in [4.69, 9.17) is 5.73 Å². The fourth-order valence-electron chi connectivity index (χ4n) is 6.86. The molecule has 1 nitrogen and oxygen atoms in total. The van der Waals surface area contributed by atoms with Crippen LogP contribution in [0.25, 0.3) is 5.73 Å². The zero-order valence-electron chi connectivity index (χ0n) is 18.9. The van der Waals surface area contributed by atoms with Gasteiger partial charge in [-0.3, -0.25) is 0 Å². The van der Waals surface area contributed by atoms with E-state index in [0.29, 0.717) is 0 Å². The van der Waals surface area contributed by atoms with Crippen LogP contribution in [0, 0.1) is 42.9 Å². The minimum absolute atomic E-state index is 0. The summed E-state index contributed by atoms with van der Waals surface area (Å²) in [4.78, 5) is 0. The molecule has 0 spiro atoms. The maximum absolute atomic E-state index is 6.94. The van der Waals surface area contributed by atoms with Crippen LogP contribution in [0.2, 0.25) is 0 Å². The first kappa shape index (κ1) is 25.9. The van der Waals surface area contributed by atoms with Crippen molar-refractivity contribution in [3.63, 3.8) is 0 Å². The van der Waals surface area contributed by atoms with Gasteiger partial charge in [-0.2, -0.15) is 0 Å². The molecule has 154 valence electrons. The third kappa shape index (κ3) is 7.88. The fraction of sp³-hybridized carbons (Fsp3) is 0.960. The Morgan fingerprint density at radius 3 is 1.33 bits per heavy atom. The second-order valence-electron chi connectivity index (χ2n) is 10.9. The zero-order valence-corrected chi connectivity index (χ0v) is 21.3. The average Bonchev–Trinajstić information content (AvgIpc) is 3.15.